The number of urea groups is 1. The van der Waals surface area contributed by atoms with Crippen LogP contribution in [0.15, 0.2) is 24.3 Å². The predicted octanol–water partition coefficient (Wildman–Crippen LogP) is 2.47. The molecule has 0 bridgehead atoms. The molecular formula is C14H19FN2O3. The van der Waals surface area contributed by atoms with Crippen molar-refractivity contribution in [2.45, 2.75) is 26.8 Å². The summed E-state index contributed by atoms with van der Waals surface area (Å²) in [6, 6.07) is 4.72. The maximum absolute atomic E-state index is 13.2. The van der Waals surface area contributed by atoms with Crippen LogP contribution in [0.25, 0.3) is 0 Å². The SMILES string of the molecule is CCN(C(=O)NC(C)C(C)C(=O)O)c1cccc(F)c1. The van der Waals surface area contributed by atoms with Crippen molar-refractivity contribution in [3.05, 3.63) is 30.1 Å². The molecule has 1 rings (SSSR count). The van der Waals surface area contributed by atoms with Gasteiger partial charge in [-0.15, -0.1) is 0 Å². The first kappa shape index (κ1) is 15.9. The Hall–Kier alpha value is -2.11. The third kappa shape index (κ3) is 3.94. The molecule has 2 N–H and O–H groups in total. The topological polar surface area (TPSA) is 69.6 Å². The van der Waals surface area contributed by atoms with Gasteiger partial charge in [-0.2, -0.15) is 0 Å². The summed E-state index contributed by atoms with van der Waals surface area (Å²) < 4.78 is 13.2. The lowest BCUT2D eigenvalue weighted by atomic mass is 10.0. The van der Waals surface area contributed by atoms with Crippen molar-refractivity contribution in [1.29, 1.82) is 0 Å². The molecule has 0 aliphatic carbocycles. The molecule has 0 radical (unpaired) electrons. The van der Waals surface area contributed by atoms with Crippen molar-refractivity contribution in [1.82, 2.24) is 5.32 Å². The van der Waals surface area contributed by atoms with Gasteiger partial charge in [-0.05, 0) is 39.0 Å². The lowest BCUT2D eigenvalue weighted by Gasteiger charge is -2.25. The number of carbonyl (C=O) groups is 2. The molecular weight excluding hydrogens is 263 g/mol. The van der Waals surface area contributed by atoms with Crippen molar-refractivity contribution >= 4 is 17.7 Å². The summed E-state index contributed by atoms with van der Waals surface area (Å²) in [6.07, 6.45) is 0. The van der Waals surface area contributed by atoms with E-state index in [-0.39, 0.29) is 0 Å². The van der Waals surface area contributed by atoms with E-state index >= 15 is 0 Å². The van der Waals surface area contributed by atoms with E-state index < -0.39 is 29.8 Å². The van der Waals surface area contributed by atoms with Crippen LogP contribution in [0.5, 0.6) is 0 Å². The van der Waals surface area contributed by atoms with Gasteiger partial charge in [0.15, 0.2) is 0 Å². The van der Waals surface area contributed by atoms with Crippen LogP contribution in [-0.2, 0) is 4.79 Å². The van der Waals surface area contributed by atoms with Gasteiger partial charge in [0.2, 0.25) is 0 Å². The standard InChI is InChI=1S/C14H19FN2O3/c1-4-17(12-7-5-6-11(15)8-12)14(20)16-10(3)9(2)13(18)19/h5-10H,4H2,1-3H3,(H,16,20)(H,18,19). The smallest absolute Gasteiger partial charge is 0.322 e. The summed E-state index contributed by atoms with van der Waals surface area (Å²) in [7, 11) is 0. The molecule has 1 aromatic rings. The fourth-order valence-corrected chi connectivity index (χ4v) is 1.70. The maximum Gasteiger partial charge on any atom is 0.322 e. The van der Waals surface area contributed by atoms with E-state index in [2.05, 4.69) is 5.32 Å². The van der Waals surface area contributed by atoms with Gasteiger partial charge in [0.25, 0.3) is 0 Å². The molecule has 5 nitrogen and oxygen atoms in total. The fraction of sp³-hybridized carbons (Fsp3) is 0.429. The lowest BCUT2D eigenvalue weighted by molar-refractivity contribution is -0.141. The summed E-state index contributed by atoms with van der Waals surface area (Å²) in [6.45, 7) is 5.25. The summed E-state index contributed by atoms with van der Waals surface area (Å²) in [5.41, 5.74) is 0.431. The van der Waals surface area contributed by atoms with E-state index in [1.54, 1.807) is 19.9 Å². The van der Waals surface area contributed by atoms with E-state index in [9.17, 15) is 14.0 Å². The molecule has 110 valence electrons. The Morgan fingerprint density at radius 3 is 2.55 bits per heavy atom. The van der Waals surface area contributed by atoms with Gasteiger partial charge in [-0.25, -0.2) is 9.18 Å². The summed E-state index contributed by atoms with van der Waals surface area (Å²) in [5, 5.41) is 11.5. The van der Waals surface area contributed by atoms with E-state index in [0.717, 1.165) is 0 Å². The maximum atomic E-state index is 13.2. The van der Waals surface area contributed by atoms with Crippen LogP contribution in [0.4, 0.5) is 14.9 Å². The molecule has 0 saturated heterocycles. The molecule has 2 atom stereocenters. The first-order chi connectivity index (χ1) is 9.36. The Labute approximate surface area is 117 Å². The summed E-state index contributed by atoms with van der Waals surface area (Å²) in [5.74, 6) is -2.11. The molecule has 0 aliphatic rings. The van der Waals surface area contributed by atoms with Gasteiger partial charge in [-0.1, -0.05) is 6.07 Å². The molecule has 0 fully saturated rings. The van der Waals surface area contributed by atoms with Crippen molar-refractivity contribution in [2.75, 3.05) is 11.4 Å². The number of anilines is 1. The Morgan fingerprint density at radius 1 is 1.40 bits per heavy atom. The molecule has 0 spiro atoms. The van der Waals surface area contributed by atoms with Crippen molar-refractivity contribution in [3.63, 3.8) is 0 Å². The highest BCUT2D eigenvalue weighted by atomic mass is 19.1. The lowest BCUT2D eigenvalue weighted by Crippen LogP contribution is -2.47. The number of nitrogens with one attached hydrogen (secondary N) is 1. The van der Waals surface area contributed by atoms with Crippen LogP contribution >= 0.6 is 0 Å². The van der Waals surface area contributed by atoms with Gasteiger partial charge >= 0.3 is 12.0 Å². The molecule has 20 heavy (non-hydrogen) atoms. The Kier molecular flexibility index (Phi) is 5.49. The second kappa shape index (κ2) is 6.88. The Morgan fingerprint density at radius 2 is 2.05 bits per heavy atom. The highest BCUT2D eigenvalue weighted by Gasteiger charge is 2.23. The minimum absolute atomic E-state index is 0.351. The zero-order valence-electron chi connectivity index (χ0n) is 11.8. The monoisotopic (exact) mass is 282 g/mol. The van der Waals surface area contributed by atoms with Crippen LogP contribution < -0.4 is 10.2 Å². The Bertz CT molecular complexity index is 493. The number of hydrogen-bond donors (Lipinski definition) is 2. The van der Waals surface area contributed by atoms with E-state index in [1.165, 1.54) is 30.0 Å². The number of nitrogens with zero attached hydrogens (tertiary/aromatic N) is 1. The van der Waals surface area contributed by atoms with Gasteiger partial charge in [0, 0.05) is 18.3 Å². The van der Waals surface area contributed by atoms with Crippen molar-refractivity contribution < 1.29 is 19.1 Å². The number of hydrogen-bond acceptors (Lipinski definition) is 2. The summed E-state index contributed by atoms with van der Waals surface area (Å²) >= 11 is 0. The first-order valence-electron chi connectivity index (χ1n) is 6.43. The third-order valence-corrected chi connectivity index (χ3v) is 3.17. The number of carboxylic acids is 1. The van der Waals surface area contributed by atoms with Crippen molar-refractivity contribution in [3.8, 4) is 0 Å². The van der Waals surface area contributed by atoms with Gasteiger partial charge in [0.05, 0.1) is 5.92 Å². The van der Waals surface area contributed by atoms with Crippen LogP contribution in [0.3, 0.4) is 0 Å². The molecule has 0 heterocycles. The normalized spacial score (nSPS) is 13.4. The number of amides is 2. The molecule has 2 unspecified atom stereocenters. The second-order valence-electron chi connectivity index (χ2n) is 4.59. The highest BCUT2D eigenvalue weighted by Crippen LogP contribution is 2.16. The van der Waals surface area contributed by atoms with E-state index in [0.29, 0.717) is 12.2 Å². The fourth-order valence-electron chi connectivity index (χ4n) is 1.70. The van der Waals surface area contributed by atoms with Gasteiger partial charge < -0.3 is 10.4 Å². The highest BCUT2D eigenvalue weighted by molar-refractivity contribution is 5.92. The second-order valence-corrected chi connectivity index (χ2v) is 4.59. The number of carboxylic acid groups (broad SMARTS) is 1. The predicted molar refractivity (Wildman–Crippen MR) is 74.2 cm³/mol. The quantitative estimate of drug-likeness (QED) is 0.871. The minimum Gasteiger partial charge on any atom is -0.481 e. The average molecular weight is 282 g/mol. The van der Waals surface area contributed by atoms with Crippen LogP contribution in [-0.4, -0.2) is 29.7 Å². The van der Waals surface area contributed by atoms with Crippen LogP contribution in [0.1, 0.15) is 20.8 Å². The van der Waals surface area contributed by atoms with Gasteiger partial charge in [0.1, 0.15) is 5.82 Å². The first-order valence-corrected chi connectivity index (χ1v) is 6.43. The van der Waals surface area contributed by atoms with E-state index in [1.807, 2.05) is 0 Å². The van der Waals surface area contributed by atoms with Crippen LogP contribution in [0.2, 0.25) is 0 Å². The number of aliphatic carboxylic acids is 1. The van der Waals surface area contributed by atoms with Crippen molar-refractivity contribution in [2.24, 2.45) is 5.92 Å². The largest absolute Gasteiger partial charge is 0.481 e. The van der Waals surface area contributed by atoms with Gasteiger partial charge in [-0.3, -0.25) is 9.69 Å². The van der Waals surface area contributed by atoms with E-state index in [4.69, 9.17) is 5.11 Å². The number of halogens is 1. The molecule has 1 aromatic carbocycles. The zero-order valence-corrected chi connectivity index (χ0v) is 11.8. The molecule has 0 aliphatic heterocycles. The van der Waals surface area contributed by atoms with Crippen LogP contribution in [0, 0.1) is 11.7 Å². The zero-order chi connectivity index (χ0) is 15.3. The average Bonchev–Trinajstić information content (AvgIpc) is 2.38. The molecule has 0 aromatic heterocycles. The number of carbonyl (C=O) groups excluding carboxylic acids is 1. The Balaban J connectivity index is 2.80. The molecule has 0 saturated carbocycles. The molecule has 2 amide bonds. The number of rotatable bonds is 5. The number of benzene rings is 1. The minimum atomic E-state index is -0.980. The summed E-state index contributed by atoms with van der Waals surface area (Å²) in [4.78, 5) is 24.3. The molecule has 6 heteroatoms. The third-order valence-electron chi connectivity index (χ3n) is 3.17.